The summed E-state index contributed by atoms with van der Waals surface area (Å²) in [5, 5.41) is 2.71. The van der Waals surface area contributed by atoms with Crippen molar-refractivity contribution >= 4 is 33.8 Å². The van der Waals surface area contributed by atoms with Crippen molar-refractivity contribution in [2.45, 2.75) is 0 Å². The molecule has 0 fully saturated rings. The second-order valence-corrected chi connectivity index (χ2v) is 5.23. The lowest BCUT2D eigenvalue weighted by Gasteiger charge is -2.09. The fourth-order valence-electron chi connectivity index (χ4n) is 1.72. The molecule has 2 rings (SSSR count). The molecule has 0 aliphatic heterocycles. The highest BCUT2D eigenvalue weighted by atomic mass is 79.9. The number of anilines is 1. The molecule has 2 aromatic carbocycles. The predicted molar refractivity (Wildman–Crippen MR) is 86.6 cm³/mol. The number of carbonyl (C=O) groups excluding carboxylic acids is 2. The predicted octanol–water partition coefficient (Wildman–Crippen LogP) is 3.29. The highest BCUT2D eigenvalue weighted by Crippen LogP contribution is 2.25. The van der Waals surface area contributed by atoms with Gasteiger partial charge in [0.05, 0.1) is 11.6 Å². The maximum Gasteiger partial charge on any atom is 0.262 e. The average Bonchev–Trinajstić information content (AvgIpc) is 2.54. The van der Waals surface area contributed by atoms with E-state index in [2.05, 4.69) is 21.2 Å². The Morgan fingerprint density at radius 2 is 1.95 bits per heavy atom. The van der Waals surface area contributed by atoms with E-state index in [-0.39, 0.29) is 12.5 Å². The third-order valence-corrected chi connectivity index (χ3v) is 3.44. The van der Waals surface area contributed by atoms with Gasteiger partial charge in [-0.2, -0.15) is 0 Å². The molecule has 0 aromatic heterocycles. The summed E-state index contributed by atoms with van der Waals surface area (Å²) in [4.78, 5) is 22.5. The number of carbonyl (C=O) groups is 2. The quantitative estimate of drug-likeness (QED) is 0.799. The maximum absolute atomic E-state index is 11.8. The van der Waals surface area contributed by atoms with E-state index in [0.29, 0.717) is 27.2 Å². The van der Waals surface area contributed by atoms with Crippen molar-refractivity contribution in [3.8, 4) is 11.5 Å². The summed E-state index contributed by atoms with van der Waals surface area (Å²) in [6.45, 7) is -0.134. The molecule has 0 heterocycles. The standard InChI is InChI=1S/C16H14BrNO4/c1-21-13-5-3-12(4-6-13)18-16(20)10-22-15-7-2-11(9-19)8-14(15)17/h2-9H,10H2,1H3,(H,18,20). The van der Waals surface area contributed by atoms with E-state index in [0.717, 1.165) is 6.29 Å². The van der Waals surface area contributed by atoms with Crippen molar-refractivity contribution in [2.75, 3.05) is 19.0 Å². The van der Waals surface area contributed by atoms with Crippen LogP contribution in [0.4, 0.5) is 5.69 Å². The molecule has 0 atom stereocenters. The smallest absolute Gasteiger partial charge is 0.262 e. The monoisotopic (exact) mass is 363 g/mol. The molecule has 1 N–H and O–H groups in total. The Morgan fingerprint density at radius 1 is 1.23 bits per heavy atom. The Bertz CT molecular complexity index is 670. The molecule has 0 bridgehead atoms. The van der Waals surface area contributed by atoms with Gasteiger partial charge in [0.1, 0.15) is 17.8 Å². The van der Waals surface area contributed by atoms with Crippen molar-refractivity contribution < 1.29 is 19.1 Å². The molecular formula is C16H14BrNO4. The second-order valence-electron chi connectivity index (χ2n) is 4.37. The summed E-state index contributed by atoms with van der Waals surface area (Å²) in [6, 6.07) is 11.9. The van der Waals surface area contributed by atoms with E-state index in [9.17, 15) is 9.59 Å². The van der Waals surface area contributed by atoms with Crippen LogP contribution in [0, 0.1) is 0 Å². The molecule has 5 nitrogen and oxygen atoms in total. The van der Waals surface area contributed by atoms with Gasteiger partial charge in [-0.15, -0.1) is 0 Å². The summed E-state index contributed by atoms with van der Waals surface area (Å²) in [5.74, 6) is 0.931. The maximum atomic E-state index is 11.8. The molecule has 0 unspecified atom stereocenters. The third-order valence-electron chi connectivity index (χ3n) is 2.82. The van der Waals surface area contributed by atoms with Crippen LogP contribution in [0.1, 0.15) is 10.4 Å². The van der Waals surface area contributed by atoms with E-state index in [4.69, 9.17) is 9.47 Å². The first-order valence-corrected chi connectivity index (χ1v) is 7.23. The Labute approximate surface area is 136 Å². The van der Waals surface area contributed by atoms with Crippen LogP contribution in [0.2, 0.25) is 0 Å². The van der Waals surface area contributed by atoms with E-state index in [1.807, 2.05) is 0 Å². The number of aldehydes is 1. The summed E-state index contributed by atoms with van der Waals surface area (Å²) in [5.41, 5.74) is 1.19. The van der Waals surface area contributed by atoms with Gasteiger partial charge in [-0.05, 0) is 58.4 Å². The van der Waals surface area contributed by atoms with Gasteiger partial charge in [-0.3, -0.25) is 9.59 Å². The van der Waals surface area contributed by atoms with Crippen LogP contribution >= 0.6 is 15.9 Å². The third kappa shape index (κ3) is 4.33. The van der Waals surface area contributed by atoms with Gasteiger partial charge in [0.25, 0.3) is 5.91 Å². The number of nitrogens with one attached hydrogen (secondary N) is 1. The normalized spacial score (nSPS) is 9.91. The molecule has 0 aliphatic carbocycles. The zero-order chi connectivity index (χ0) is 15.9. The van der Waals surface area contributed by atoms with E-state index in [1.165, 1.54) is 0 Å². The van der Waals surface area contributed by atoms with Gasteiger partial charge >= 0.3 is 0 Å². The minimum atomic E-state index is -0.281. The van der Waals surface area contributed by atoms with Gasteiger partial charge in [-0.25, -0.2) is 0 Å². The van der Waals surface area contributed by atoms with Crippen molar-refractivity contribution in [1.82, 2.24) is 0 Å². The van der Waals surface area contributed by atoms with Crippen LogP contribution < -0.4 is 14.8 Å². The first-order chi connectivity index (χ1) is 10.6. The fraction of sp³-hybridized carbons (Fsp3) is 0.125. The molecule has 22 heavy (non-hydrogen) atoms. The SMILES string of the molecule is COc1ccc(NC(=O)COc2ccc(C=O)cc2Br)cc1. The number of rotatable bonds is 6. The first-order valence-electron chi connectivity index (χ1n) is 6.44. The Kier molecular flexibility index (Phi) is 5.55. The summed E-state index contributed by atoms with van der Waals surface area (Å²) in [6.07, 6.45) is 0.741. The van der Waals surface area contributed by atoms with Crippen LogP contribution in [0.5, 0.6) is 11.5 Å². The minimum absolute atomic E-state index is 0.134. The van der Waals surface area contributed by atoms with Gasteiger partial charge < -0.3 is 14.8 Å². The Morgan fingerprint density at radius 3 is 2.55 bits per heavy atom. The largest absolute Gasteiger partial charge is 0.497 e. The van der Waals surface area contributed by atoms with Crippen LogP contribution in [-0.2, 0) is 4.79 Å². The summed E-state index contributed by atoms with van der Waals surface area (Å²) < 4.78 is 11.1. The molecule has 0 saturated heterocycles. The number of ether oxygens (including phenoxy) is 2. The number of halogens is 1. The van der Waals surface area contributed by atoms with Crippen molar-refractivity contribution in [2.24, 2.45) is 0 Å². The van der Waals surface area contributed by atoms with Gasteiger partial charge in [-0.1, -0.05) is 0 Å². The number of hydrogen-bond acceptors (Lipinski definition) is 4. The Hall–Kier alpha value is -2.34. The highest BCUT2D eigenvalue weighted by molar-refractivity contribution is 9.10. The number of amides is 1. The molecular weight excluding hydrogens is 350 g/mol. The topological polar surface area (TPSA) is 64.6 Å². The zero-order valence-corrected chi connectivity index (χ0v) is 13.4. The van der Waals surface area contributed by atoms with Crippen LogP contribution in [0.3, 0.4) is 0 Å². The fourth-order valence-corrected chi connectivity index (χ4v) is 2.23. The lowest BCUT2D eigenvalue weighted by Crippen LogP contribution is -2.20. The van der Waals surface area contributed by atoms with Crippen LogP contribution in [-0.4, -0.2) is 25.9 Å². The van der Waals surface area contributed by atoms with Crippen molar-refractivity contribution in [1.29, 1.82) is 0 Å². The van der Waals surface area contributed by atoms with Crippen molar-refractivity contribution in [3.05, 3.63) is 52.5 Å². The first kappa shape index (κ1) is 16.0. The number of benzene rings is 2. The number of methoxy groups -OCH3 is 1. The molecule has 0 spiro atoms. The lowest BCUT2D eigenvalue weighted by molar-refractivity contribution is -0.118. The highest BCUT2D eigenvalue weighted by Gasteiger charge is 2.07. The van der Waals surface area contributed by atoms with Crippen molar-refractivity contribution in [3.63, 3.8) is 0 Å². The zero-order valence-electron chi connectivity index (χ0n) is 11.8. The Balaban J connectivity index is 1.90. The summed E-state index contributed by atoms with van der Waals surface area (Å²) in [7, 11) is 1.58. The van der Waals surface area contributed by atoms with Crippen LogP contribution in [0.25, 0.3) is 0 Å². The number of hydrogen-bond donors (Lipinski definition) is 1. The molecule has 114 valence electrons. The molecule has 0 aliphatic rings. The van der Waals surface area contributed by atoms with Gasteiger partial charge in [0, 0.05) is 11.3 Å². The van der Waals surface area contributed by atoms with Gasteiger partial charge in [0.15, 0.2) is 6.61 Å². The molecule has 2 aromatic rings. The van der Waals surface area contributed by atoms with Crippen LogP contribution in [0.15, 0.2) is 46.9 Å². The molecule has 6 heteroatoms. The summed E-state index contributed by atoms with van der Waals surface area (Å²) >= 11 is 3.29. The molecule has 0 radical (unpaired) electrons. The molecule has 0 saturated carbocycles. The van der Waals surface area contributed by atoms with E-state index < -0.39 is 0 Å². The minimum Gasteiger partial charge on any atom is -0.497 e. The van der Waals surface area contributed by atoms with Gasteiger partial charge in [0.2, 0.25) is 0 Å². The van der Waals surface area contributed by atoms with E-state index >= 15 is 0 Å². The average molecular weight is 364 g/mol. The molecule has 1 amide bonds. The lowest BCUT2D eigenvalue weighted by atomic mass is 10.2. The van der Waals surface area contributed by atoms with E-state index in [1.54, 1.807) is 49.6 Å². The second kappa shape index (κ2) is 7.61.